The Morgan fingerprint density at radius 2 is 2.14 bits per heavy atom. The van der Waals surface area contributed by atoms with Crippen molar-refractivity contribution in [3.63, 3.8) is 0 Å². The van der Waals surface area contributed by atoms with Gasteiger partial charge in [0.2, 0.25) is 11.7 Å². The van der Waals surface area contributed by atoms with E-state index in [-0.39, 0.29) is 42.8 Å². The summed E-state index contributed by atoms with van der Waals surface area (Å²) in [6.07, 6.45) is 1.27. The highest BCUT2D eigenvalue weighted by Gasteiger charge is 2.26. The van der Waals surface area contributed by atoms with Gasteiger partial charge in [-0.25, -0.2) is 9.82 Å². The van der Waals surface area contributed by atoms with Gasteiger partial charge in [-0.2, -0.15) is 9.49 Å². The molecule has 0 aromatic heterocycles. The molecule has 0 aliphatic carbocycles. The molecule has 1 aliphatic heterocycles. The molecule has 0 saturated carbocycles. The second-order valence-corrected chi connectivity index (χ2v) is 5.16. The number of nitrogens with one attached hydrogen (secondary N) is 1. The minimum Gasteiger partial charge on any atom is -0.490 e. The Morgan fingerprint density at radius 3 is 2.82 bits per heavy atom. The van der Waals surface area contributed by atoms with Crippen LogP contribution in [0.25, 0.3) is 0 Å². The van der Waals surface area contributed by atoms with Crippen LogP contribution >= 0.6 is 0 Å². The molecule has 0 bridgehead atoms. The lowest BCUT2D eigenvalue weighted by Crippen LogP contribution is -2.32. The SMILES string of the molecule is CC1CC(=O)NN=C1c1ccc(OCCCCO)c(F)c1F. The molecule has 1 aromatic rings. The summed E-state index contributed by atoms with van der Waals surface area (Å²) in [5.74, 6) is -2.83. The molecule has 22 heavy (non-hydrogen) atoms. The van der Waals surface area contributed by atoms with Crippen molar-refractivity contribution in [3.05, 3.63) is 29.3 Å². The first kappa shape index (κ1) is 16.4. The number of aliphatic hydroxyl groups excluding tert-OH is 1. The van der Waals surface area contributed by atoms with Gasteiger partial charge in [-0.1, -0.05) is 6.92 Å². The summed E-state index contributed by atoms with van der Waals surface area (Å²) < 4.78 is 33.4. The minimum absolute atomic E-state index is 0.0210. The van der Waals surface area contributed by atoms with Gasteiger partial charge in [0.1, 0.15) is 0 Å². The molecule has 1 unspecified atom stereocenters. The molecule has 0 radical (unpaired) electrons. The van der Waals surface area contributed by atoms with Crippen molar-refractivity contribution in [2.45, 2.75) is 26.2 Å². The molecule has 1 heterocycles. The summed E-state index contributed by atoms with van der Waals surface area (Å²) in [6.45, 7) is 1.96. The van der Waals surface area contributed by atoms with Crippen LogP contribution in [-0.2, 0) is 4.79 Å². The van der Waals surface area contributed by atoms with Gasteiger partial charge in [-0.3, -0.25) is 4.79 Å². The van der Waals surface area contributed by atoms with E-state index in [0.717, 1.165) is 0 Å². The summed E-state index contributed by atoms with van der Waals surface area (Å²) >= 11 is 0. The maximum atomic E-state index is 14.2. The van der Waals surface area contributed by atoms with E-state index in [1.807, 2.05) is 0 Å². The molecule has 0 spiro atoms. The zero-order chi connectivity index (χ0) is 16.1. The topological polar surface area (TPSA) is 70.9 Å². The van der Waals surface area contributed by atoms with Gasteiger partial charge < -0.3 is 9.84 Å². The summed E-state index contributed by atoms with van der Waals surface area (Å²) in [5, 5.41) is 12.5. The molecule has 1 aliphatic rings. The molecular formula is C15H18F2N2O3. The van der Waals surface area contributed by atoms with E-state index in [0.29, 0.717) is 18.6 Å². The molecule has 0 saturated heterocycles. The van der Waals surface area contributed by atoms with Crippen LogP contribution in [0, 0.1) is 17.6 Å². The Bertz CT molecular complexity index is 590. The zero-order valence-corrected chi connectivity index (χ0v) is 12.2. The van der Waals surface area contributed by atoms with Crippen LogP contribution in [0.4, 0.5) is 8.78 Å². The van der Waals surface area contributed by atoms with Crippen molar-refractivity contribution >= 4 is 11.6 Å². The second kappa shape index (κ2) is 7.31. The third kappa shape index (κ3) is 3.59. The van der Waals surface area contributed by atoms with Crippen molar-refractivity contribution in [2.75, 3.05) is 13.2 Å². The standard InChI is InChI=1S/C15H18F2N2O3/c1-9-8-12(21)18-19-15(9)10-4-5-11(14(17)13(10)16)22-7-3-2-6-20/h4-5,9,20H,2-3,6-8H2,1H3,(H,18,21). The smallest absolute Gasteiger partial charge is 0.240 e. The summed E-state index contributed by atoms with van der Waals surface area (Å²) in [5.41, 5.74) is 2.60. The fraction of sp³-hybridized carbons (Fsp3) is 0.467. The van der Waals surface area contributed by atoms with Gasteiger partial charge in [0, 0.05) is 24.5 Å². The van der Waals surface area contributed by atoms with E-state index in [2.05, 4.69) is 10.5 Å². The number of nitrogens with zero attached hydrogens (tertiary/aromatic N) is 1. The molecular weight excluding hydrogens is 294 g/mol. The van der Waals surface area contributed by atoms with Crippen molar-refractivity contribution in [1.82, 2.24) is 5.43 Å². The number of carbonyl (C=O) groups is 1. The van der Waals surface area contributed by atoms with Crippen LogP contribution in [0.1, 0.15) is 31.7 Å². The Balaban J connectivity index is 2.18. The van der Waals surface area contributed by atoms with Gasteiger partial charge in [0.25, 0.3) is 0 Å². The largest absolute Gasteiger partial charge is 0.490 e. The summed E-state index contributed by atoms with van der Waals surface area (Å²) in [7, 11) is 0. The predicted molar refractivity (Wildman–Crippen MR) is 76.6 cm³/mol. The normalized spacial score (nSPS) is 17.9. The highest BCUT2D eigenvalue weighted by Crippen LogP contribution is 2.26. The third-order valence-corrected chi connectivity index (χ3v) is 3.39. The number of halogens is 2. The van der Waals surface area contributed by atoms with Crippen molar-refractivity contribution < 1.29 is 23.4 Å². The molecule has 120 valence electrons. The fourth-order valence-electron chi connectivity index (χ4n) is 2.22. The molecule has 5 nitrogen and oxygen atoms in total. The Kier molecular flexibility index (Phi) is 5.43. The number of hydrogen-bond acceptors (Lipinski definition) is 4. The van der Waals surface area contributed by atoms with Gasteiger partial charge in [-0.05, 0) is 25.0 Å². The average Bonchev–Trinajstić information content (AvgIpc) is 2.49. The van der Waals surface area contributed by atoms with E-state index in [9.17, 15) is 13.6 Å². The van der Waals surface area contributed by atoms with Crippen molar-refractivity contribution in [2.24, 2.45) is 11.0 Å². The van der Waals surface area contributed by atoms with E-state index < -0.39 is 11.6 Å². The zero-order valence-electron chi connectivity index (χ0n) is 12.2. The number of ether oxygens (including phenoxy) is 1. The van der Waals surface area contributed by atoms with Crippen LogP contribution in [0.15, 0.2) is 17.2 Å². The number of carbonyl (C=O) groups excluding carboxylic acids is 1. The number of amides is 1. The van der Waals surface area contributed by atoms with Crippen LogP contribution in [0.5, 0.6) is 5.75 Å². The lowest BCUT2D eigenvalue weighted by Gasteiger charge is -2.20. The number of hydrazone groups is 1. The van der Waals surface area contributed by atoms with E-state index in [4.69, 9.17) is 9.84 Å². The number of rotatable bonds is 6. The van der Waals surface area contributed by atoms with Crippen LogP contribution in [0.3, 0.4) is 0 Å². The minimum atomic E-state index is -1.08. The van der Waals surface area contributed by atoms with Gasteiger partial charge in [-0.15, -0.1) is 0 Å². The van der Waals surface area contributed by atoms with Crippen molar-refractivity contribution in [3.8, 4) is 5.75 Å². The number of hydrogen-bond donors (Lipinski definition) is 2. The maximum absolute atomic E-state index is 14.2. The quantitative estimate of drug-likeness (QED) is 0.789. The number of benzene rings is 1. The Morgan fingerprint density at radius 1 is 1.36 bits per heavy atom. The lowest BCUT2D eigenvalue weighted by atomic mass is 9.93. The summed E-state index contributed by atoms with van der Waals surface area (Å²) in [4.78, 5) is 11.2. The molecule has 1 aromatic carbocycles. The Labute approximate surface area is 127 Å². The van der Waals surface area contributed by atoms with Crippen LogP contribution in [0.2, 0.25) is 0 Å². The lowest BCUT2D eigenvalue weighted by molar-refractivity contribution is -0.121. The molecule has 1 atom stereocenters. The van der Waals surface area contributed by atoms with Crippen LogP contribution < -0.4 is 10.2 Å². The first-order chi connectivity index (χ1) is 10.5. The Hall–Kier alpha value is -2.02. The first-order valence-corrected chi connectivity index (χ1v) is 7.13. The van der Waals surface area contributed by atoms with Crippen LogP contribution in [-0.4, -0.2) is 29.9 Å². The highest BCUT2D eigenvalue weighted by atomic mass is 19.2. The molecule has 0 fully saturated rings. The number of aliphatic hydroxyl groups is 1. The fourth-order valence-corrected chi connectivity index (χ4v) is 2.22. The predicted octanol–water partition coefficient (Wildman–Crippen LogP) is 1.98. The van der Waals surface area contributed by atoms with Gasteiger partial charge in [0.05, 0.1) is 12.3 Å². The molecule has 2 N–H and O–H groups in total. The number of unbranched alkanes of at least 4 members (excludes halogenated alkanes) is 1. The monoisotopic (exact) mass is 312 g/mol. The average molecular weight is 312 g/mol. The van der Waals surface area contributed by atoms with E-state index in [1.54, 1.807) is 6.92 Å². The van der Waals surface area contributed by atoms with E-state index in [1.165, 1.54) is 12.1 Å². The maximum Gasteiger partial charge on any atom is 0.240 e. The molecule has 7 heteroatoms. The summed E-state index contributed by atoms with van der Waals surface area (Å²) in [6, 6.07) is 2.74. The van der Waals surface area contributed by atoms with Gasteiger partial charge >= 0.3 is 0 Å². The first-order valence-electron chi connectivity index (χ1n) is 7.13. The highest BCUT2D eigenvalue weighted by molar-refractivity contribution is 6.05. The molecule has 1 amide bonds. The second-order valence-electron chi connectivity index (χ2n) is 5.16. The van der Waals surface area contributed by atoms with Gasteiger partial charge in [0.15, 0.2) is 11.6 Å². The molecule has 2 rings (SSSR count). The van der Waals surface area contributed by atoms with Crippen molar-refractivity contribution in [1.29, 1.82) is 0 Å². The van der Waals surface area contributed by atoms with E-state index >= 15 is 0 Å². The third-order valence-electron chi connectivity index (χ3n) is 3.39.